The quantitative estimate of drug-likeness (QED) is 0.511. The molecule has 2 heterocycles. The van der Waals surface area contributed by atoms with E-state index in [0.29, 0.717) is 34.0 Å². The Morgan fingerprint density at radius 3 is 2.83 bits per heavy atom. The molecule has 152 valence electrons. The number of benzene rings is 2. The lowest BCUT2D eigenvalue weighted by molar-refractivity contribution is -0.116. The van der Waals surface area contributed by atoms with Crippen LogP contribution in [-0.4, -0.2) is 27.6 Å². The number of carbonyl (C=O) groups excluding carboxylic acids is 1. The molecule has 8 heteroatoms. The minimum absolute atomic E-state index is 0.0169. The molecule has 7 nitrogen and oxygen atoms in total. The van der Waals surface area contributed by atoms with Gasteiger partial charge >= 0.3 is 0 Å². The highest BCUT2D eigenvalue weighted by Crippen LogP contribution is 2.35. The molecule has 1 amide bonds. The molecule has 2 aromatic heterocycles. The number of anilines is 1. The van der Waals surface area contributed by atoms with Gasteiger partial charge in [-0.2, -0.15) is 0 Å². The first-order chi connectivity index (χ1) is 14.6. The lowest BCUT2D eigenvalue weighted by Crippen LogP contribution is -2.25. The third-order valence-corrected chi connectivity index (χ3v) is 6.15. The number of rotatable bonds is 6. The van der Waals surface area contributed by atoms with E-state index in [1.165, 1.54) is 11.3 Å². The van der Waals surface area contributed by atoms with Crippen LogP contribution in [0.5, 0.6) is 5.75 Å². The number of ether oxygens (including phenoxy) is 1. The SMILES string of the molecule is COc1cccc2sc(NC(=O)CCc3nc4ccccc4c(=O)n3C3CC3)nc12. The van der Waals surface area contributed by atoms with Crippen molar-refractivity contribution in [3.05, 3.63) is 58.6 Å². The van der Waals surface area contributed by atoms with E-state index >= 15 is 0 Å². The second kappa shape index (κ2) is 7.53. The van der Waals surface area contributed by atoms with Crippen LogP contribution in [0.1, 0.15) is 31.1 Å². The second-order valence-corrected chi connectivity index (χ2v) is 8.36. The Bertz CT molecular complexity index is 1320. The van der Waals surface area contributed by atoms with Crippen molar-refractivity contribution < 1.29 is 9.53 Å². The number of amides is 1. The van der Waals surface area contributed by atoms with Gasteiger partial charge in [-0.05, 0) is 37.1 Å². The van der Waals surface area contributed by atoms with Crippen molar-refractivity contribution in [3.8, 4) is 5.75 Å². The van der Waals surface area contributed by atoms with Crippen LogP contribution in [0, 0.1) is 0 Å². The van der Waals surface area contributed by atoms with Crippen LogP contribution in [0.3, 0.4) is 0 Å². The van der Waals surface area contributed by atoms with E-state index in [2.05, 4.69) is 15.3 Å². The summed E-state index contributed by atoms with van der Waals surface area (Å²) >= 11 is 1.41. The van der Waals surface area contributed by atoms with E-state index in [1.54, 1.807) is 17.7 Å². The Kier molecular flexibility index (Phi) is 4.71. The van der Waals surface area contributed by atoms with Crippen molar-refractivity contribution in [2.45, 2.75) is 31.7 Å². The minimum Gasteiger partial charge on any atom is -0.494 e. The van der Waals surface area contributed by atoms with Gasteiger partial charge in [0.15, 0.2) is 5.13 Å². The highest BCUT2D eigenvalue weighted by molar-refractivity contribution is 7.22. The number of para-hydroxylation sites is 2. The van der Waals surface area contributed by atoms with Crippen LogP contribution in [0.25, 0.3) is 21.1 Å². The fourth-order valence-corrected chi connectivity index (χ4v) is 4.53. The summed E-state index contributed by atoms with van der Waals surface area (Å²) in [6, 6.07) is 13.2. The Morgan fingerprint density at radius 2 is 2.03 bits per heavy atom. The number of thiazole rings is 1. The molecule has 0 unspecified atom stereocenters. The number of aryl methyl sites for hydroxylation is 1. The molecule has 0 saturated heterocycles. The molecule has 1 fully saturated rings. The van der Waals surface area contributed by atoms with Crippen LogP contribution >= 0.6 is 11.3 Å². The molecule has 4 aromatic rings. The molecule has 0 aliphatic heterocycles. The van der Waals surface area contributed by atoms with Crippen LogP contribution in [0.2, 0.25) is 0 Å². The van der Waals surface area contributed by atoms with E-state index in [1.807, 2.05) is 36.4 Å². The third-order valence-electron chi connectivity index (χ3n) is 5.22. The van der Waals surface area contributed by atoms with E-state index < -0.39 is 0 Å². The number of aromatic nitrogens is 3. The zero-order valence-electron chi connectivity index (χ0n) is 16.4. The molecule has 1 aliphatic carbocycles. The molecule has 30 heavy (non-hydrogen) atoms. The highest BCUT2D eigenvalue weighted by atomic mass is 32.1. The summed E-state index contributed by atoms with van der Waals surface area (Å²) in [5, 5.41) is 4.03. The molecule has 1 N–H and O–H groups in total. The van der Waals surface area contributed by atoms with E-state index in [-0.39, 0.29) is 23.9 Å². The fraction of sp³-hybridized carbons (Fsp3) is 0.273. The molecule has 2 aromatic carbocycles. The number of carbonyl (C=O) groups is 1. The van der Waals surface area contributed by atoms with Gasteiger partial charge in [0.1, 0.15) is 17.1 Å². The number of hydrogen-bond donors (Lipinski definition) is 1. The largest absolute Gasteiger partial charge is 0.494 e. The van der Waals surface area contributed by atoms with Gasteiger partial charge in [0.2, 0.25) is 5.91 Å². The number of nitrogens with zero attached hydrogens (tertiary/aromatic N) is 3. The van der Waals surface area contributed by atoms with Crippen molar-refractivity contribution in [3.63, 3.8) is 0 Å². The van der Waals surface area contributed by atoms with Crippen LogP contribution in [-0.2, 0) is 11.2 Å². The molecule has 1 saturated carbocycles. The topological polar surface area (TPSA) is 86.1 Å². The first-order valence-electron chi connectivity index (χ1n) is 9.87. The van der Waals surface area contributed by atoms with E-state index in [4.69, 9.17) is 4.74 Å². The van der Waals surface area contributed by atoms with Crippen molar-refractivity contribution in [2.75, 3.05) is 12.4 Å². The monoisotopic (exact) mass is 420 g/mol. The maximum Gasteiger partial charge on any atom is 0.261 e. The van der Waals surface area contributed by atoms with Gasteiger partial charge < -0.3 is 10.1 Å². The zero-order chi connectivity index (χ0) is 20.7. The molecule has 1 aliphatic rings. The summed E-state index contributed by atoms with van der Waals surface area (Å²) in [6.45, 7) is 0. The first kappa shape index (κ1) is 18.7. The molecular formula is C22H20N4O3S. The van der Waals surface area contributed by atoms with Gasteiger partial charge in [-0.3, -0.25) is 14.2 Å². The Balaban J connectivity index is 1.36. The number of nitrogens with one attached hydrogen (secondary N) is 1. The minimum atomic E-state index is -0.155. The number of fused-ring (bicyclic) bond motifs is 2. The first-order valence-corrected chi connectivity index (χ1v) is 10.7. The van der Waals surface area contributed by atoms with Crippen molar-refractivity contribution in [1.82, 2.24) is 14.5 Å². The number of hydrogen-bond acceptors (Lipinski definition) is 6. The second-order valence-electron chi connectivity index (χ2n) is 7.33. The van der Waals surface area contributed by atoms with Crippen LogP contribution in [0.15, 0.2) is 47.3 Å². The van der Waals surface area contributed by atoms with Crippen molar-refractivity contribution in [2.24, 2.45) is 0 Å². The summed E-state index contributed by atoms with van der Waals surface area (Å²) in [7, 11) is 1.60. The van der Waals surface area contributed by atoms with Gasteiger partial charge in [0.05, 0.1) is 22.7 Å². The normalized spacial score (nSPS) is 13.6. The predicted molar refractivity (Wildman–Crippen MR) is 117 cm³/mol. The molecule has 5 rings (SSSR count). The summed E-state index contributed by atoms with van der Waals surface area (Å²) < 4.78 is 8.05. The van der Waals surface area contributed by atoms with Crippen molar-refractivity contribution >= 4 is 43.5 Å². The Labute approximate surface area is 176 Å². The third kappa shape index (κ3) is 3.43. The van der Waals surface area contributed by atoms with Crippen LogP contribution < -0.4 is 15.6 Å². The molecule has 0 spiro atoms. The lowest BCUT2D eigenvalue weighted by Gasteiger charge is -2.12. The van der Waals surface area contributed by atoms with E-state index in [0.717, 1.165) is 23.1 Å². The predicted octanol–water partition coefficient (Wildman–Crippen LogP) is 3.92. The summed E-state index contributed by atoms with van der Waals surface area (Å²) in [5.41, 5.74) is 1.39. The van der Waals surface area contributed by atoms with E-state index in [9.17, 15) is 9.59 Å². The van der Waals surface area contributed by atoms with Gasteiger partial charge in [-0.1, -0.05) is 29.5 Å². The van der Waals surface area contributed by atoms with Gasteiger partial charge in [0, 0.05) is 18.9 Å². The smallest absolute Gasteiger partial charge is 0.261 e. The Morgan fingerprint density at radius 1 is 1.20 bits per heavy atom. The molecular weight excluding hydrogens is 400 g/mol. The summed E-state index contributed by atoms with van der Waals surface area (Å²) in [6.07, 6.45) is 2.58. The summed E-state index contributed by atoms with van der Waals surface area (Å²) in [4.78, 5) is 34.7. The Hall–Kier alpha value is -3.26. The lowest BCUT2D eigenvalue weighted by atomic mass is 10.2. The molecule has 0 atom stereocenters. The van der Waals surface area contributed by atoms with Gasteiger partial charge in [0.25, 0.3) is 5.56 Å². The van der Waals surface area contributed by atoms with Crippen LogP contribution in [0.4, 0.5) is 5.13 Å². The average Bonchev–Trinajstić information content (AvgIpc) is 3.50. The summed E-state index contributed by atoms with van der Waals surface area (Å²) in [5.74, 6) is 1.19. The molecule has 0 radical (unpaired) electrons. The maximum atomic E-state index is 12.9. The van der Waals surface area contributed by atoms with Gasteiger partial charge in [-0.25, -0.2) is 9.97 Å². The van der Waals surface area contributed by atoms with Gasteiger partial charge in [-0.15, -0.1) is 0 Å². The molecule has 0 bridgehead atoms. The number of methoxy groups -OCH3 is 1. The average molecular weight is 420 g/mol. The standard InChI is InChI=1S/C22H20N4O3S/c1-29-16-7-4-8-17-20(16)25-22(30-17)24-19(27)12-11-18-23-15-6-3-2-5-14(15)21(28)26(18)13-9-10-13/h2-8,13H,9-12H2,1H3,(H,24,25,27). The highest BCUT2D eigenvalue weighted by Gasteiger charge is 2.28. The van der Waals surface area contributed by atoms with Crippen molar-refractivity contribution in [1.29, 1.82) is 0 Å². The maximum absolute atomic E-state index is 12.9. The zero-order valence-corrected chi connectivity index (χ0v) is 17.2. The fourth-order valence-electron chi connectivity index (χ4n) is 3.63.